The molecule has 3 fully saturated rings. The summed E-state index contributed by atoms with van der Waals surface area (Å²) in [4.78, 5) is 55.1. The number of hydrogen-bond donors (Lipinski definition) is 0. The minimum Gasteiger partial charge on any atom is -0.457 e. The molecule has 2 aromatic carbocycles. The van der Waals surface area contributed by atoms with Gasteiger partial charge < -0.3 is 4.74 Å². The van der Waals surface area contributed by atoms with Crippen LogP contribution in [-0.2, 0) is 25.6 Å². The predicted molar refractivity (Wildman–Crippen MR) is 139 cm³/mol. The summed E-state index contributed by atoms with van der Waals surface area (Å²) in [6.45, 7) is 8.67. The molecular weight excluding hydrogens is 468 g/mol. The van der Waals surface area contributed by atoms with Crippen LogP contribution in [0.25, 0.3) is 0 Å². The van der Waals surface area contributed by atoms with Crippen LogP contribution in [-0.4, -0.2) is 35.1 Å². The Balaban J connectivity index is 1.28. The van der Waals surface area contributed by atoms with E-state index in [9.17, 15) is 19.2 Å². The van der Waals surface area contributed by atoms with E-state index >= 15 is 0 Å². The number of nitrogens with zero attached hydrogens (tertiary/aromatic N) is 2. The van der Waals surface area contributed by atoms with Crippen molar-refractivity contribution >= 4 is 29.3 Å². The van der Waals surface area contributed by atoms with Gasteiger partial charge in [-0.2, -0.15) is 0 Å². The lowest BCUT2D eigenvalue weighted by molar-refractivity contribution is -0.140. The second-order valence-corrected chi connectivity index (χ2v) is 11.4. The number of anilines is 1. The highest BCUT2D eigenvalue weighted by molar-refractivity contribution is 6.22. The average Bonchev–Trinajstić information content (AvgIpc) is 3.24. The third-order valence-electron chi connectivity index (χ3n) is 7.67. The minimum atomic E-state index is -0.565. The highest BCUT2D eigenvalue weighted by Gasteiger charge is 2.59. The van der Waals surface area contributed by atoms with Crippen LogP contribution >= 0.6 is 0 Å². The summed E-state index contributed by atoms with van der Waals surface area (Å²) in [5.41, 5.74) is 1.73. The Labute approximate surface area is 217 Å². The van der Waals surface area contributed by atoms with Gasteiger partial charge in [0, 0.05) is 6.54 Å². The summed E-state index contributed by atoms with van der Waals surface area (Å²) in [6.07, 6.45) is 1.52. The van der Waals surface area contributed by atoms with Gasteiger partial charge >= 0.3 is 0 Å². The first-order valence-corrected chi connectivity index (χ1v) is 13.2. The number of carbonyl (C=O) groups is 4. The minimum absolute atomic E-state index is 0.169. The van der Waals surface area contributed by atoms with Crippen LogP contribution in [0.5, 0.6) is 11.5 Å². The molecule has 2 aliphatic heterocycles. The Bertz CT molecular complexity index is 1180. The fourth-order valence-electron chi connectivity index (χ4n) is 6.01. The van der Waals surface area contributed by atoms with Crippen molar-refractivity contribution in [2.75, 3.05) is 11.4 Å². The van der Waals surface area contributed by atoms with Crippen molar-refractivity contribution in [1.82, 2.24) is 4.90 Å². The van der Waals surface area contributed by atoms with E-state index in [0.29, 0.717) is 29.6 Å². The summed E-state index contributed by atoms with van der Waals surface area (Å²) in [7, 11) is 0. The number of ether oxygens (including phenoxy) is 1. The first kappa shape index (κ1) is 25.2. The van der Waals surface area contributed by atoms with Crippen molar-refractivity contribution in [3.05, 3.63) is 54.1 Å². The molecule has 3 aliphatic rings. The number of amides is 4. The summed E-state index contributed by atoms with van der Waals surface area (Å²) in [5.74, 6) is -1.04. The summed E-state index contributed by atoms with van der Waals surface area (Å²) >= 11 is 0. The molecule has 2 aromatic rings. The smallest absolute Gasteiger partial charge is 0.237 e. The molecule has 7 heteroatoms. The van der Waals surface area contributed by atoms with Crippen molar-refractivity contribution in [2.24, 2.45) is 35.5 Å². The molecule has 0 aromatic heterocycles. The molecule has 1 aliphatic carbocycles. The average molecular weight is 503 g/mol. The number of benzene rings is 2. The summed E-state index contributed by atoms with van der Waals surface area (Å²) in [6, 6.07) is 14.9. The Kier molecular flexibility index (Phi) is 6.65. The largest absolute Gasteiger partial charge is 0.457 e. The van der Waals surface area contributed by atoms with Gasteiger partial charge in [0.1, 0.15) is 11.5 Å². The fourth-order valence-corrected chi connectivity index (χ4v) is 6.01. The lowest BCUT2D eigenvalue weighted by Crippen LogP contribution is -2.35. The zero-order chi connectivity index (χ0) is 26.4. The zero-order valence-electron chi connectivity index (χ0n) is 21.8. The van der Waals surface area contributed by atoms with Crippen LogP contribution in [0.4, 0.5) is 5.69 Å². The van der Waals surface area contributed by atoms with Crippen molar-refractivity contribution in [3.63, 3.8) is 0 Å². The van der Waals surface area contributed by atoms with Gasteiger partial charge in [0.2, 0.25) is 23.6 Å². The first-order chi connectivity index (χ1) is 17.6. The Morgan fingerprint density at radius 1 is 0.676 bits per heavy atom. The predicted octanol–water partition coefficient (Wildman–Crippen LogP) is 4.83. The maximum atomic E-state index is 13.3. The van der Waals surface area contributed by atoms with Crippen molar-refractivity contribution in [3.8, 4) is 11.5 Å². The maximum Gasteiger partial charge on any atom is 0.237 e. The number of imide groups is 2. The number of rotatable bonds is 7. The van der Waals surface area contributed by atoms with Crippen molar-refractivity contribution in [1.29, 1.82) is 0 Å². The summed E-state index contributed by atoms with van der Waals surface area (Å²) in [5, 5.41) is 0. The molecule has 1 saturated carbocycles. The highest BCUT2D eigenvalue weighted by atomic mass is 16.5. The third-order valence-corrected chi connectivity index (χ3v) is 7.67. The quantitative estimate of drug-likeness (QED) is 0.506. The lowest BCUT2D eigenvalue weighted by Gasteiger charge is -2.28. The van der Waals surface area contributed by atoms with Gasteiger partial charge in [-0.15, -0.1) is 0 Å². The molecule has 194 valence electrons. The number of fused-ring (bicyclic) bond motifs is 2. The van der Waals surface area contributed by atoms with Gasteiger partial charge in [0.05, 0.1) is 29.4 Å². The van der Waals surface area contributed by atoms with E-state index in [1.807, 2.05) is 26.0 Å². The molecule has 7 nitrogen and oxygen atoms in total. The van der Waals surface area contributed by atoms with Gasteiger partial charge in [0.25, 0.3) is 0 Å². The number of likely N-dealkylation sites (tertiary alicyclic amines) is 1. The first-order valence-electron chi connectivity index (χ1n) is 13.2. The van der Waals surface area contributed by atoms with Crippen molar-refractivity contribution < 1.29 is 23.9 Å². The highest BCUT2D eigenvalue weighted by Crippen LogP contribution is 2.48. The molecule has 4 unspecified atom stereocenters. The van der Waals surface area contributed by atoms with Gasteiger partial charge in [-0.1, -0.05) is 39.8 Å². The van der Waals surface area contributed by atoms with Crippen LogP contribution < -0.4 is 9.64 Å². The van der Waals surface area contributed by atoms with Crippen LogP contribution in [0.15, 0.2) is 48.5 Å². The summed E-state index contributed by atoms with van der Waals surface area (Å²) < 4.78 is 5.95. The van der Waals surface area contributed by atoms with Gasteiger partial charge in [-0.05, 0) is 73.1 Å². The Hall–Kier alpha value is -3.48. The van der Waals surface area contributed by atoms with Gasteiger partial charge in [-0.25, -0.2) is 0 Å². The van der Waals surface area contributed by atoms with E-state index in [1.54, 1.807) is 24.3 Å². The molecule has 0 bridgehead atoms. The molecule has 5 rings (SSSR count). The molecule has 0 radical (unpaired) electrons. The van der Waals surface area contributed by atoms with E-state index < -0.39 is 23.7 Å². The van der Waals surface area contributed by atoms with E-state index in [0.717, 1.165) is 6.42 Å². The van der Waals surface area contributed by atoms with Gasteiger partial charge in [0.15, 0.2) is 0 Å². The van der Waals surface area contributed by atoms with E-state index in [1.165, 1.54) is 15.4 Å². The van der Waals surface area contributed by atoms with Crippen LogP contribution in [0.1, 0.15) is 46.1 Å². The monoisotopic (exact) mass is 502 g/mol. The zero-order valence-corrected chi connectivity index (χ0v) is 21.8. The SMILES string of the molecule is CC(C)Cc1ccc(Oc2ccc(N3C(=O)C4CC5C(=O)N(CC(C)C)C(=O)C5CC4C3=O)cc2)cc1. The number of carbonyl (C=O) groups excluding carboxylic acids is 4. The van der Waals surface area contributed by atoms with E-state index in [4.69, 9.17) is 4.74 Å². The fraction of sp³-hybridized carbons (Fsp3) is 0.467. The van der Waals surface area contributed by atoms with Crippen LogP contribution in [0.2, 0.25) is 0 Å². The molecule has 2 saturated heterocycles. The van der Waals surface area contributed by atoms with E-state index in [-0.39, 0.29) is 42.4 Å². The second kappa shape index (κ2) is 9.77. The normalized spacial score (nSPS) is 25.4. The molecule has 4 atom stereocenters. The molecule has 0 spiro atoms. The molecule has 0 N–H and O–H groups in total. The van der Waals surface area contributed by atoms with Crippen LogP contribution in [0, 0.1) is 35.5 Å². The number of hydrogen-bond acceptors (Lipinski definition) is 5. The van der Waals surface area contributed by atoms with Crippen LogP contribution in [0.3, 0.4) is 0 Å². The molecule has 2 heterocycles. The molecule has 37 heavy (non-hydrogen) atoms. The van der Waals surface area contributed by atoms with Gasteiger partial charge in [-0.3, -0.25) is 29.0 Å². The van der Waals surface area contributed by atoms with E-state index in [2.05, 4.69) is 26.0 Å². The lowest BCUT2D eigenvalue weighted by atomic mass is 9.70. The second-order valence-electron chi connectivity index (χ2n) is 11.4. The van der Waals surface area contributed by atoms with Crippen molar-refractivity contribution in [2.45, 2.75) is 47.0 Å². The topological polar surface area (TPSA) is 84.0 Å². The maximum absolute atomic E-state index is 13.3. The third kappa shape index (κ3) is 4.67. The Morgan fingerprint density at radius 3 is 1.59 bits per heavy atom. The standard InChI is InChI=1S/C30H34N2O5/c1-17(2)13-19-5-9-21(10-6-19)37-22-11-7-20(8-12-22)32-29(35)25-14-23-24(15-26(25)30(32)36)28(34)31(27(23)33)16-18(3)4/h5-12,17-18,23-26H,13-16H2,1-4H3. The molecule has 4 amide bonds. The Morgan fingerprint density at radius 2 is 1.14 bits per heavy atom. The molecular formula is C30H34N2O5.